The van der Waals surface area contributed by atoms with E-state index in [9.17, 15) is 0 Å². The van der Waals surface area contributed by atoms with Crippen LogP contribution in [0.25, 0.3) is 0 Å². The van der Waals surface area contributed by atoms with Crippen LogP contribution in [0.15, 0.2) is 0 Å². The molecule has 0 heterocycles. The van der Waals surface area contributed by atoms with Crippen LogP contribution >= 0.6 is 0 Å². The van der Waals surface area contributed by atoms with Crippen LogP contribution in [0.1, 0.15) is 52.9 Å². The zero-order valence-corrected chi connectivity index (χ0v) is 9.27. The van der Waals surface area contributed by atoms with Crippen molar-refractivity contribution in [1.82, 2.24) is 5.32 Å². The van der Waals surface area contributed by atoms with Gasteiger partial charge < -0.3 is 5.32 Å². The van der Waals surface area contributed by atoms with E-state index in [0.717, 1.165) is 0 Å². The molecule has 0 spiro atoms. The largest absolute Gasteiger partial charge is 0.301 e. The summed E-state index contributed by atoms with van der Waals surface area (Å²) in [4.78, 5) is 0. The molecule has 1 nitrogen and oxygen atoms in total. The molecule has 0 aliphatic heterocycles. The Balaban J connectivity index is 3.73. The molecule has 0 aliphatic rings. The van der Waals surface area contributed by atoms with Gasteiger partial charge in [0, 0.05) is 6.04 Å². The van der Waals surface area contributed by atoms with Gasteiger partial charge in [0.2, 0.25) is 0 Å². The molecule has 0 bridgehead atoms. The van der Waals surface area contributed by atoms with Crippen molar-refractivity contribution < 1.29 is 0 Å². The smallest absolute Gasteiger partial charge is 0.0660 e. The highest BCUT2D eigenvalue weighted by Crippen LogP contribution is 2.07. The van der Waals surface area contributed by atoms with Gasteiger partial charge in [-0.1, -0.05) is 39.0 Å². The number of unbranched alkanes of at least 4 members (excludes halogenated alkanes) is 1. The molecule has 0 radical (unpaired) electrons. The molecule has 0 fully saturated rings. The van der Waals surface area contributed by atoms with Gasteiger partial charge in [0.1, 0.15) is 0 Å². The number of hydrogen-bond donors (Lipinski definition) is 1. The van der Waals surface area contributed by atoms with E-state index in [1.54, 1.807) is 0 Å². The summed E-state index contributed by atoms with van der Waals surface area (Å²) in [6, 6.07) is 0.837. The fourth-order valence-corrected chi connectivity index (χ4v) is 1.51. The molecule has 0 saturated carbocycles. The maximum Gasteiger partial charge on any atom is 0.0660 e. The Labute approximate surface area is 83.3 Å². The average molecular weight is 181 g/mol. The van der Waals surface area contributed by atoms with Crippen LogP contribution in [-0.2, 0) is 0 Å². The first kappa shape index (κ1) is 12.5. The lowest BCUT2D eigenvalue weighted by atomic mass is 10.0. The van der Waals surface area contributed by atoms with Gasteiger partial charge in [-0.15, -0.1) is 6.42 Å². The van der Waals surface area contributed by atoms with E-state index in [0.29, 0.717) is 6.04 Å². The second kappa shape index (κ2) is 8.13. The molecule has 0 rings (SSSR count). The van der Waals surface area contributed by atoms with Crippen molar-refractivity contribution >= 4 is 0 Å². The van der Waals surface area contributed by atoms with E-state index in [-0.39, 0.29) is 6.04 Å². The minimum absolute atomic E-state index is 0.216. The Morgan fingerprint density at radius 1 is 1.23 bits per heavy atom. The number of hydrogen-bond acceptors (Lipinski definition) is 1. The van der Waals surface area contributed by atoms with Gasteiger partial charge in [-0.2, -0.15) is 0 Å². The van der Waals surface area contributed by atoms with Crippen LogP contribution in [0.4, 0.5) is 0 Å². The molecule has 1 heteroatoms. The molecule has 1 N–H and O–H groups in total. The molecule has 0 aliphatic carbocycles. The molecular weight excluding hydrogens is 158 g/mol. The third-order valence-corrected chi connectivity index (χ3v) is 2.28. The highest BCUT2D eigenvalue weighted by Gasteiger charge is 2.08. The minimum Gasteiger partial charge on any atom is -0.301 e. The maximum atomic E-state index is 5.33. The van der Waals surface area contributed by atoms with Crippen molar-refractivity contribution in [3.63, 3.8) is 0 Å². The number of rotatable bonds is 7. The lowest BCUT2D eigenvalue weighted by Crippen LogP contribution is -2.35. The van der Waals surface area contributed by atoms with E-state index in [2.05, 4.69) is 32.0 Å². The lowest BCUT2D eigenvalue weighted by Gasteiger charge is -2.19. The zero-order valence-electron chi connectivity index (χ0n) is 9.27. The van der Waals surface area contributed by atoms with Crippen LogP contribution in [0.2, 0.25) is 0 Å². The van der Waals surface area contributed by atoms with E-state index in [1.165, 1.54) is 32.1 Å². The Hall–Kier alpha value is -0.480. The van der Waals surface area contributed by atoms with Crippen LogP contribution in [0, 0.1) is 12.3 Å². The third-order valence-electron chi connectivity index (χ3n) is 2.28. The monoisotopic (exact) mass is 181 g/mol. The average Bonchev–Trinajstić information content (AvgIpc) is 2.14. The van der Waals surface area contributed by atoms with Crippen molar-refractivity contribution in [2.45, 2.75) is 65.0 Å². The van der Waals surface area contributed by atoms with Crippen LogP contribution < -0.4 is 5.32 Å². The summed E-state index contributed by atoms with van der Waals surface area (Å²) in [6.07, 6.45) is 11.6. The maximum absolute atomic E-state index is 5.33. The summed E-state index contributed by atoms with van der Waals surface area (Å²) in [7, 11) is 0. The fourth-order valence-electron chi connectivity index (χ4n) is 1.51. The molecule has 0 aromatic rings. The Morgan fingerprint density at radius 2 is 1.92 bits per heavy atom. The predicted molar refractivity (Wildman–Crippen MR) is 59.7 cm³/mol. The lowest BCUT2D eigenvalue weighted by molar-refractivity contribution is 0.422. The van der Waals surface area contributed by atoms with Crippen molar-refractivity contribution in [2.75, 3.05) is 0 Å². The van der Waals surface area contributed by atoms with Crippen molar-refractivity contribution in [1.29, 1.82) is 0 Å². The van der Waals surface area contributed by atoms with Gasteiger partial charge in [0.05, 0.1) is 6.04 Å². The molecule has 0 aromatic heterocycles. The first-order valence-corrected chi connectivity index (χ1v) is 5.46. The van der Waals surface area contributed by atoms with E-state index >= 15 is 0 Å². The molecule has 2 unspecified atom stereocenters. The SMILES string of the molecule is C#CC(C)NC(CCC)CCCC. The molecule has 0 amide bonds. The van der Waals surface area contributed by atoms with Crippen molar-refractivity contribution in [2.24, 2.45) is 0 Å². The highest BCUT2D eigenvalue weighted by molar-refractivity contribution is 4.96. The van der Waals surface area contributed by atoms with E-state index in [1.807, 2.05) is 0 Å². The predicted octanol–water partition coefficient (Wildman–Crippen LogP) is 2.96. The number of terminal acetylenes is 1. The van der Waals surface area contributed by atoms with Crippen LogP contribution in [0.5, 0.6) is 0 Å². The summed E-state index contributed by atoms with van der Waals surface area (Å²) in [6.45, 7) is 6.50. The Morgan fingerprint density at radius 3 is 2.38 bits per heavy atom. The van der Waals surface area contributed by atoms with Gasteiger partial charge in [-0.3, -0.25) is 0 Å². The van der Waals surface area contributed by atoms with Crippen molar-refractivity contribution in [3.05, 3.63) is 0 Å². The van der Waals surface area contributed by atoms with Gasteiger partial charge in [-0.05, 0) is 19.8 Å². The summed E-state index contributed by atoms with van der Waals surface area (Å²) < 4.78 is 0. The molecular formula is C12H23N. The molecule has 0 aromatic carbocycles. The molecule has 2 atom stereocenters. The highest BCUT2D eigenvalue weighted by atomic mass is 14.9. The normalized spacial score (nSPS) is 14.9. The summed E-state index contributed by atoms with van der Waals surface area (Å²) >= 11 is 0. The first-order chi connectivity index (χ1) is 6.24. The van der Waals surface area contributed by atoms with Gasteiger partial charge in [0.25, 0.3) is 0 Å². The summed E-state index contributed by atoms with van der Waals surface area (Å²) in [5.41, 5.74) is 0. The molecule has 13 heavy (non-hydrogen) atoms. The quantitative estimate of drug-likeness (QED) is 0.595. The van der Waals surface area contributed by atoms with Gasteiger partial charge in [0.15, 0.2) is 0 Å². The molecule has 0 saturated heterocycles. The summed E-state index contributed by atoms with van der Waals surface area (Å²) in [5.74, 6) is 2.72. The van der Waals surface area contributed by atoms with Gasteiger partial charge in [-0.25, -0.2) is 0 Å². The topological polar surface area (TPSA) is 12.0 Å². The van der Waals surface area contributed by atoms with Crippen molar-refractivity contribution in [3.8, 4) is 12.3 Å². The first-order valence-electron chi connectivity index (χ1n) is 5.46. The minimum atomic E-state index is 0.216. The fraction of sp³-hybridized carbons (Fsp3) is 0.833. The Bertz CT molecular complexity index is 146. The van der Waals surface area contributed by atoms with E-state index < -0.39 is 0 Å². The van der Waals surface area contributed by atoms with E-state index in [4.69, 9.17) is 6.42 Å². The molecule has 76 valence electrons. The second-order valence-corrected chi connectivity index (χ2v) is 3.68. The zero-order chi connectivity index (χ0) is 10.1. The van der Waals surface area contributed by atoms with Gasteiger partial charge >= 0.3 is 0 Å². The second-order valence-electron chi connectivity index (χ2n) is 3.68. The third kappa shape index (κ3) is 6.66. The number of nitrogens with one attached hydrogen (secondary N) is 1. The standard InChI is InChI=1S/C12H23N/c1-5-8-10-12(9-6-2)13-11(4)7-3/h3,11-13H,5-6,8-10H2,1-2,4H3. The Kier molecular flexibility index (Phi) is 7.83. The van der Waals surface area contributed by atoms with Crippen LogP contribution in [-0.4, -0.2) is 12.1 Å². The summed E-state index contributed by atoms with van der Waals surface area (Å²) in [5, 5.41) is 3.47. The van der Waals surface area contributed by atoms with Crippen LogP contribution in [0.3, 0.4) is 0 Å².